The zero-order chi connectivity index (χ0) is 21.5. The first-order valence-electron chi connectivity index (χ1n) is 9.14. The fraction of sp³-hybridized carbons (Fsp3) is 0.278. The Kier molecular flexibility index (Phi) is 5.95. The second-order valence-corrected chi connectivity index (χ2v) is 10.1. The summed E-state index contributed by atoms with van der Waals surface area (Å²) in [5.74, 6) is 1.18. The number of benzene rings is 1. The predicted molar refractivity (Wildman–Crippen MR) is 119 cm³/mol. The van der Waals surface area contributed by atoms with E-state index in [0.717, 1.165) is 0 Å². The first-order valence-corrected chi connectivity index (χ1v) is 12.3. The van der Waals surface area contributed by atoms with Crippen molar-refractivity contribution in [1.82, 2.24) is 28.9 Å². The average molecular weight is 485 g/mol. The van der Waals surface area contributed by atoms with E-state index < -0.39 is 10.0 Å². The summed E-state index contributed by atoms with van der Waals surface area (Å²) in [5.41, 5.74) is 1.89. The van der Waals surface area contributed by atoms with E-state index >= 15 is 0 Å². The Morgan fingerprint density at radius 1 is 1.17 bits per heavy atom. The highest BCUT2D eigenvalue weighted by molar-refractivity contribution is 7.98. The van der Waals surface area contributed by atoms with Crippen LogP contribution >= 0.6 is 35.0 Å². The Hall–Kier alpha value is -1.85. The van der Waals surface area contributed by atoms with E-state index in [2.05, 4.69) is 20.2 Å². The third-order valence-electron chi connectivity index (χ3n) is 4.58. The lowest BCUT2D eigenvalue weighted by atomic mass is 10.3. The van der Waals surface area contributed by atoms with Crippen molar-refractivity contribution in [3.63, 3.8) is 0 Å². The van der Waals surface area contributed by atoms with Gasteiger partial charge in [0, 0.05) is 19.3 Å². The van der Waals surface area contributed by atoms with Gasteiger partial charge >= 0.3 is 0 Å². The maximum atomic E-state index is 12.8. The number of sulfonamides is 1. The standard InChI is InChI=1S/C18H18Cl2N6O2S2/c1-3-25(4-2)30(27,28)12-5-6-14-15(8-12)22-16(21-14)10-29-18-24-23-17-13(20)7-11(19)9-26(17)18/h5-9H,3-4,10H2,1-2H3,(H,21,22). The number of pyridine rings is 1. The number of halogens is 2. The van der Waals surface area contributed by atoms with Crippen LogP contribution < -0.4 is 0 Å². The molecule has 30 heavy (non-hydrogen) atoms. The van der Waals surface area contributed by atoms with Gasteiger partial charge in [-0.1, -0.05) is 48.8 Å². The van der Waals surface area contributed by atoms with E-state index in [0.29, 0.717) is 56.5 Å². The minimum atomic E-state index is -3.53. The Bertz CT molecular complexity index is 1330. The molecule has 0 unspecified atom stereocenters. The van der Waals surface area contributed by atoms with E-state index in [9.17, 15) is 8.42 Å². The molecule has 0 aliphatic rings. The molecule has 0 amide bonds. The van der Waals surface area contributed by atoms with Gasteiger partial charge in [0.1, 0.15) is 5.82 Å². The minimum Gasteiger partial charge on any atom is -0.341 e. The highest BCUT2D eigenvalue weighted by Crippen LogP contribution is 2.27. The van der Waals surface area contributed by atoms with Crippen LogP contribution in [0.2, 0.25) is 10.0 Å². The van der Waals surface area contributed by atoms with Gasteiger partial charge in [0.05, 0.1) is 31.7 Å². The van der Waals surface area contributed by atoms with Gasteiger partial charge in [0.2, 0.25) is 10.0 Å². The van der Waals surface area contributed by atoms with Crippen molar-refractivity contribution in [2.45, 2.75) is 29.7 Å². The van der Waals surface area contributed by atoms with Crippen molar-refractivity contribution in [2.75, 3.05) is 13.1 Å². The maximum Gasteiger partial charge on any atom is 0.243 e. The summed E-state index contributed by atoms with van der Waals surface area (Å²) in [7, 11) is -3.53. The van der Waals surface area contributed by atoms with Crippen molar-refractivity contribution in [3.05, 3.63) is 46.3 Å². The van der Waals surface area contributed by atoms with Gasteiger partial charge in [-0.25, -0.2) is 13.4 Å². The van der Waals surface area contributed by atoms with Crippen LogP contribution in [0.15, 0.2) is 40.5 Å². The molecule has 0 atom stereocenters. The van der Waals surface area contributed by atoms with Crippen LogP contribution in [0.3, 0.4) is 0 Å². The average Bonchev–Trinajstić information content (AvgIpc) is 3.30. The van der Waals surface area contributed by atoms with E-state index in [4.69, 9.17) is 23.2 Å². The molecule has 3 heterocycles. The molecule has 0 saturated carbocycles. The van der Waals surface area contributed by atoms with Crippen LogP contribution in [-0.4, -0.2) is 50.4 Å². The number of fused-ring (bicyclic) bond motifs is 2. The molecular formula is C18H18Cl2N6O2S2. The number of thioether (sulfide) groups is 1. The molecule has 0 fully saturated rings. The molecule has 158 valence electrons. The quantitative estimate of drug-likeness (QED) is 0.394. The molecule has 1 aromatic carbocycles. The fourth-order valence-corrected chi connectivity index (χ4v) is 5.89. The second kappa shape index (κ2) is 8.35. The number of H-pyrrole nitrogens is 1. The lowest BCUT2D eigenvalue weighted by Gasteiger charge is -2.18. The number of nitrogens with zero attached hydrogens (tertiary/aromatic N) is 5. The zero-order valence-electron chi connectivity index (χ0n) is 16.1. The molecular weight excluding hydrogens is 467 g/mol. The van der Waals surface area contributed by atoms with Crippen LogP contribution in [0.4, 0.5) is 0 Å². The van der Waals surface area contributed by atoms with Crippen LogP contribution in [0.25, 0.3) is 16.7 Å². The van der Waals surface area contributed by atoms with Crippen LogP contribution in [0, 0.1) is 0 Å². The fourth-order valence-electron chi connectivity index (χ4n) is 3.12. The number of hydrogen-bond acceptors (Lipinski definition) is 6. The highest BCUT2D eigenvalue weighted by atomic mass is 35.5. The van der Waals surface area contributed by atoms with E-state index in [1.54, 1.807) is 34.9 Å². The monoisotopic (exact) mass is 484 g/mol. The van der Waals surface area contributed by atoms with Crippen molar-refractivity contribution >= 4 is 61.7 Å². The third-order valence-corrected chi connectivity index (χ3v) is 8.06. The number of aromatic amines is 1. The molecule has 3 aromatic heterocycles. The molecule has 0 saturated heterocycles. The van der Waals surface area contributed by atoms with Gasteiger partial charge in [-0.15, -0.1) is 10.2 Å². The van der Waals surface area contributed by atoms with Gasteiger partial charge in [0.15, 0.2) is 10.8 Å². The Morgan fingerprint density at radius 2 is 1.93 bits per heavy atom. The van der Waals surface area contributed by atoms with Gasteiger partial charge in [0.25, 0.3) is 0 Å². The van der Waals surface area contributed by atoms with Crippen molar-refractivity contribution in [3.8, 4) is 0 Å². The van der Waals surface area contributed by atoms with Crippen molar-refractivity contribution in [2.24, 2.45) is 0 Å². The Balaban J connectivity index is 1.59. The number of nitrogens with one attached hydrogen (secondary N) is 1. The molecule has 4 rings (SSSR count). The van der Waals surface area contributed by atoms with E-state index in [1.165, 1.54) is 16.1 Å². The predicted octanol–water partition coefficient (Wildman–Crippen LogP) is 4.24. The summed E-state index contributed by atoms with van der Waals surface area (Å²) in [4.78, 5) is 7.98. The largest absolute Gasteiger partial charge is 0.341 e. The summed E-state index contributed by atoms with van der Waals surface area (Å²) in [6.45, 7) is 4.48. The molecule has 8 nitrogen and oxygen atoms in total. The number of aromatic nitrogens is 5. The van der Waals surface area contributed by atoms with Crippen LogP contribution in [-0.2, 0) is 15.8 Å². The van der Waals surface area contributed by atoms with E-state index in [1.807, 2.05) is 13.8 Å². The third kappa shape index (κ3) is 3.90. The SMILES string of the molecule is CCN(CC)S(=O)(=O)c1ccc2nc(CSc3nnc4c(Cl)cc(Cl)cn34)[nH]c2c1. The molecule has 0 spiro atoms. The van der Waals surface area contributed by atoms with Crippen molar-refractivity contribution < 1.29 is 8.42 Å². The highest BCUT2D eigenvalue weighted by Gasteiger charge is 2.22. The topological polar surface area (TPSA) is 96.2 Å². The summed E-state index contributed by atoms with van der Waals surface area (Å²) < 4.78 is 28.7. The summed E-state index contributed by atoms with van der Waals surface area (Å²) in [5, 5.41) is 9.78. The molecule has 1 N–H and O–H groups in total. The lowest BCUT2D eigenvalue weighted by Crippen LogP contribution is -2.30. The second-order valence-electron chi connectivity index (χ2n) is 6.42. The number of hydrogen-bond donors (Lipinski definition) is 1. The number of rotatable bonds is 7. The lowest BCUT2D eigenvalue weighted by molar-refractivity contribution is 0.445. The number of imidazole rings is 1. The van der Waals surface area contributed by atoms with Gasteiger partial charge in [-0.3, -0.25) is 4.40 Å². The zero-order valence-corrected chi connectivity index (χ0v) is 19.3. The molecule has 12 heteroatoms. The van der Waals surface area contributed by atoms with Gasteiger partial charge < -0.3 is 4.98 Å². The normalized spacial score (nSPS) is 12.4. The maximum absolute atomic E-state index is 12.8. The van der Waals surface area contributed by atoms with Crippen LogP contribution in [0.5, 0.6) is 0 Å². The smallest absolute Gasteiger partial charge is 0.243 e. The summed E-state index contributed by atoms with van der Waals surface area (Å²) >= 11 is 13.6. The van der Waals surface area contributed by atoms with Crippen molar-refractivity contribution in [1.29, 1.82) is 0 Å². The van der Waals surface area contributed by atoms with Gasteiger partial charge in [-0.2, -0.15) is 4.31 Å². The Morgan fingerprint density at radius 3 is 2.67 bits per heavy atom. The molecule has 0 bridgehead atoms. The first-order chi connectivity index (χ1) is 14.3. The summed E-state index contributed by atoms with van der Waals surface area (Å²) in [6, 6.07) is 6.53. The molecule has 0 aliphatic carbocycles. The minimum absolute atomic E-state index is 0.245. The summed E-state index contributed by atoms with van der Waals surface area (Å²) in [6.07, 6.45) is 1.70. The first kappa shape index (κ1) is 21.4. The van der Waals surface area contributed by atoms with Crippen LogP contribution in [0.1, 0.15) is 19.7 Å². The van der Waals surface area contributed by atoms with E-state index in [-0.39, 0.29) is 4.90 Å². The molecule has 0 radical (unpaired) electrons. The van der Waals surface area contributed by atoms with Gasteiger partial charge in [-0.05, 0) is 24.3 Å². The molecule has 0 aliphatic heterocycles. The molecule has 4 aromatic rings. The Labute approximate surface area is 187 Å².